The van der Waals surface area contributed by atoms with Gasteiger partial charge in [0.2, 0.25) is 6.79 Å². The van der Waals surface area contributed by atoms with Crippen molar-refractivity contribution in [1.82, 2.24) is 10.3 Å². The van der Waals surface area contributed by atoms with E-state index < -0.39 is 0 Å². The van der Waals surface area contributed by atoms with E-state index in [-0.39, 0.29) is 6.10 Å². The summed E-state index contributed by atoms with van der Waals surface area (Å²) in [5.41, 5.74) is 6.41. The largest absolute Gasteiger partial charge is 0.454 e. The summed E-state index contributed by atoms with van der Waals surface area (Å²) in [6.07, 6.45) is 4.99. The third-order valence-electron chi connectivity index (χ3n) is 6.93. The number of aliphatic hydroxyl groups is 1. The second-order valence-corrected chi connectivity index (χ2v) is 9.15. The van der Waals surface area contributed by atoms with E-state index in [2.05, 4.69) is 34.5 Å². The van der Waals surface area contributed by atoms with Crippen LogP contribution in [0.15, 0.2) is 36.4 Å². The summed E-state index contributed by atoms with van der Waals surface area (Å²) in [5, 5.41) is 14.8. The Kier molecular flexibility index (Phi) is 5.12. The van der Waals surface area contributed by atoms with Gasteiger partial charge in [-0.2, -0.15) is 0 Å². The second kappa shape index (κ2) is 8.26. The maximum Gasteiger partial charge on any atom is 0.231 e. The molecule has 3 heterocycles. The van der Waals surface area contributed by atoms with Crippen LogP contribution in [0.5, 0.6) is 11.5 Å². The maximum absolute atomic E-state index is 9.98. The minimum absolute atomic E-state index is 0.192. The second-order valence-electron chi connectivity index (χ2n) is 9.15. The maximum atomic E-state index is 9.98. The van der Waals surface area contributed by atoms with E-state index in [0.717, 1.165) is 68.3 Å². The molecule has 166 valence electrons. The van der Waals surface area contributed by atoms with Crippen LogP contribution in [0.25, 0.3) is 10.9 Å². The first-order valence-corrected chi connectivity index (χ1v) is 11.7. The van der Waals surface area contributed by atoms with Gasteiger partial charge < -0.3 is 24.8 Å². The summed E-state index contributed by atoms with van der Waals surface area (Å²) in [5.74, 6) is 2.69. The van der Waals surface area contributed by atoms with E-state index in [0.29, 0.717) is 6.79 Å². The molecule has 0 amide bonds. The average molecular weight is 432 g/mol. The van der Waals surface area contributed by atoms with Crippen LogP contribution in [0.4, 0.5) is 5.82 Å². The van der Waals surface area contributed by atoms with Gasteiger partial charge in [0, 0.05) is 37.1 Å². The Morgan fingerprint density at radius 2 is 1.78 bits per heavy atom. The van der Waals surface area contributed by atoms with Gasteiger partial charge in [0.1, 0.15) is 5.82 Å². The van der Waals surface area contributed by atoms with Crippen LogP contribution in [0.2, 0.25) is 0 Å². The molecule has 1 aliphatic carbocycles. The number of ether oxygens (including phenoxy) is 2. The third-order valence-corrected chi connectivity index (χ3v) is 6.93. The number of anilines is 1. The zero-order valence-electron chi connectivity index (χ0n) is 18.3. The van der Waals surface area contributed by atoms with Crippen molar-refractivity contribution in [2.75, 3.05) is 24.8 Å². The standard InChI is InChI=1S/C26H29N3O3/c30-22-6-8-29(9-7-22)26-21(12-20-11-18-2-1-3-19(18)13-23(20)28-26)15-27-14-17-4-5-24-25(10-17)32-16-31-24/h4-5,10-13,22,27,30H,1-3,6-9,14-16H2. The van der Waals surface area contributed by atoms with Crippen LogP contribution >= 0.6 is 0 Å². The lowest BCUT2D eigenvalue weighted by Gasteiger charge is -2.32. The van der Waals surface area contributed by atoms with Crippen molar-refractivity contribution in [2.45, 2.75) is 51.3 Å². The summed E-state index contributed by atoms with van der Waals surface area (Å²) in [4.78, 5) is 7.49. The number of pyridine rings is 1. The van der Waals surface area contributed by atoms with E-state index in [1.165, 1.54) is 40.5 Å². The van der Waals surface area contributed by atoms with E-state index in [1.54, 1.807) is 0 Å². The lowest BCUT2D eigenvalue weighted by molar-refractivity contribution is 0.145. The Morgan fingerprint density at radius 3 is 2.66 bits per heavy atom. The van der Waals surface area contributed by atoms with Crippen molar-refractivity contribution < 1.29 is 14.6 Å². The number of aryl methyl sites for hydroxylation is 2. The molecule has 1 saturated heterocycles. The molecule has 2 aliphatic heterocycles. The number of hydrogen-bond acceptors (Lipinski definition) is 6. The number of fused-ring (bicyclic) bond motifs is 3. The van der Waals surface area contributed by atoms with Gasteiger partial charge >= 0.3 is 0 Å². The molecule has 2 aromatic carbocycles. The molecule has 0 atom stereocenters. The topological polar surface area (TPSA) is 66.9 Å². The number of hydrogen-bond donors (Lipinski definition) is 2. The van der Waals surface area contributed by atoms with Gasteiger partial charge in [-0.3, -0.25) is 0 Å². The van der Waals surface area contributed by atoms with Crippen LogP contribution in [-0.2, 0) is 25.9 Å². The van der Waals surface area contributed by atoms with Gasteiger partial charge in [-0.05, 0) is 79.1 Å². The molecule has 6 rings (SSSR count). The molecular formula is C26H29N3O3. The fourth-order valence-corrected chi connectivity index (χ4v) is 5.15. The van der Waals surface area contributed by atoms with E-state index >= 15 is 0 Å². The van der Waals surface area contributed by atoms with E-state index in [1.807, 2.05) is 12.1 Å². The fraction of sp³-hybridized carbons (Fsp3) is 0.423. The molecular weight excluding hydrogens is 402 g/mol. The minimum Gasteiger partial charge on any atom is -0.454 e. The van der Waals surface area contributed by atoms with Crippen molar-refractivity contribution in [1.29, 1.82) is 0 Å². The normalized spacial score (nSPS) is 17.8. The summed E-state index contributed by atoms with van der Waals surface area (Å²) in [6.45, 7) is 3.48. The molecule has 0 unspecified atom stereocenters. The first kappa shape index (κ1) is 19.8. The first-order chi connectivity index (χ1) is 15.7. The Hall–Kier alpha value is -2.83. The zero-order valence-corrected chi connectivity index (χ0v) is 18.3. The first-order valence-electron chi connectivity index (χ1n) is 11.7. The van der Waals surface area contributed by atoms with Gasteiger partial charge in [0.15, 0.2) is 11.5 Å². The predicted molar refractivity (Wildman–Crippen MR) is 124 cm³/mol. The average Bonchev–Trinajstić information content (AvgIpc) is 3.46. The van der Waals surface area contributed by atoms with Gasteiger partial charge in [-0.25, -0.2) is 4.98 Å². The Labute approximate surface area is 188 Å². The zero-order chi connectivity index (χ0) is 21.5. The third kappa shape index (κ3) is 3.78. The van der Waals surface area contributed by atoms with Crippen molar-refractivity contribution in [3.05, 3.63) is 58.7 Å². The van der Waals surface area contributed by atoms with Crippen molar-refractivity contribution in [2.24, 2.45) is 0 Å². The van der Waals surface area contributed by atoms with E-state index in [9.17, 15) is 5.11 Å². The van der Waals surface area contributed by atoms with Crippen LogP contribution in [0, 0.1) is 0 Å². The van der Waals surface area contributed by atoms with Gasteiger partial charge in [0.25, 0.3) is 0 Å². The molecule has 0 bridgehead atoms. The lowest BCUT2D eigenvalue weighted by Crippen LogP contribution is -2.37. The molecule has 1 fully saturated rings. The fourth-order valence-electron chi connectivity index (χ4n) is 5.15. The predicted octanol–water partition coefficient (Wildman–Crippen LogP) is 3.70. The monoisotopic (exact) mass is 431 g/mol. The number of aliphatic hydroxyl groups excluding tert-OH is 1. The van der Waals surface area contributed by atoms with Crippen LogP contribution in [0.1, 0.15) is 41.5 Å². The number of nitrogens with zero attached hydrogens (tertiary/aromatic N) is 2. The highest BCUT2D eigenvalue weighted by Gasteiger charge is 2.22. The molecule has 0 saturated carbocycles. The molecule has 3 aliphatic rings. The van der Waals surface area contributed by atoms with Crippen LogP contribution < -0.4 is 19.7 Å². The number of aromatic nitrogens is 1. The van der Waals surface area contributed by atoms with Crippen molar-refractivity contribution in [3.8, 4) is 11.5 Å². The highest BCUT2D eigenvalue weighted by molar-refractivity contribution is 5.84. The quantitative estimate of drug-likeness (QED) is 0.642. The number of rotatable bonds is 5. The molecule has 1 aromatic heterocycles. The number of piperidine rings is 1. The molecule has 0 spiro atoms. The number of nitrogens with one attached hydrogen (secondary N) is 1. The van der Waals surface area contributed by atoms with Gasteiger partial charge in [-0.15, -0.1) is 0 Å². The summed E-state index contributed by atoms with van der Waals surface area (Å²) >= 11 is 0. The van der Waals surface area contributed by atoms with Gasteiger partial charge in [-0.1, -0.05) is 6.07 Å². The highest BCUT2D eigenvalue weighted by Crippen LogP contribution is 2.33. The smallest absolute Gasteiger partial charge is 0.231 e. The Balaban J connectivity index is 1.27. The molecule has 2 N–H and O–H groups in total. The van der Waals surface area contributed by atoms with Crippen LogP contribution in [0.3, 0.4) is 0 Å². The molecule has 6 heteroatoms. The van der Waals surface area contributed by atoms with Crippen molar-refractivity contribution in [3.63, 3.8) is 0 Å². The summed E-state index contributed by atoms with van der Waals surface area (Å²) < 4.78 is 10.9. The summed E-state index contributed by atoms with van der Waals surface area (Å²) in [6, 6.07) is 13.1. The molecule has 32 heavy (non-hydrogen) atoms. The van der Waals surface area contributed by atoms with Crippen LogP contribution in [-0.4, -0.2) is 36.1 Å². The molecule has 3 aromatic rings. The SMILES string of the molecule is OC1CCN(c2nc3cc4c(cc3cc2CNCc2ccc3c(c2)OCO3)CCC4)CC1. The summed E-state index contributed by atoms with van der Waals surface area (Å²) in [7, 11) is 0. The highest BCUT2D eigenvalue weighted by atomic mass is 16.7. The molecule has 6 nitrogen and oxygen atoms in total. The van der Waals surface area contributed by atoms with Crippen molar-refractivity contribution >= 4 is 16.7 Å². The molecule has 0 radical (unpaired) electrons. The lowest BCUT2D eigenvalue weighted by atomic mass is 10.0. The van der Waals surface area contributed by atoms with Gasteiger partial charge in [0.05, 0.1) is 11.6 Å². The number of benzene rings is 2. The Morgan fingerprint density at radius 1 is 0.969 bits per heavy atom. The Bertz CT molecular complexity index is 1150. The minimum atomic E-state index is -0.192. The van der Waals surface area contributed by atoms with E-state index in [4.69, 9.17) is 14.5 Å².